The van der Waals surface area contributed by atoms with E-state index in [0.717, 1.165) is 0 Å². The number of fused-ring (bicyclic) bond motifs is 1. The number of nitrogen functional groups attached to an aromatic ring is 1. The molecule has 0 amide bonds. The number of halogens is 1. The summed E-state index contributed by atoms with van der Waals surface area (Å²) < 4.78 is 20.6. The summed E-state index contributed by atoms with van der Waals surface area (Å²) in [5.41, 5.74) is 9.91. The van der Waals surface area contributed by atoms with Gasteiger partial charge in [0.25, 0.3) is 0 Å². The molecule has 1 aromatic carbocycles. The second-order valence-corrected chi connectivity index (χ2v) is 7.20. The summed E-state index contributed by atoms with van der Waals surface area (Å²) in [5.74, 6) is 1.56. The van der Waals surface area contributed by atoms with Crippen LogP contribution in [0.3, 0.4) is 0 Å². The van der Waals surface area contributed by atoms with Gasteiger partial charge in [0.05, 0.1) is 13.2 Å². The fourth-order valence-corrected chi connectivity index (χ4v) is 3.19. The molecule has 1 aliphatic rings. The molecule has 4 N–H and O–H groups in total. The van der Waals surface area contributed by atoms with Crippen molar-refractivity contribution < 1.29 is 14.0 Å². The number of ether oxygens (including phenoxy) is 1. The molecule has 2 aromatic heterocycles. The predicted molar refractivity (Wildman–Crippen MR) is 107 cm³/mol. The Morgan fingerprint density at radius 1 is 1.34 bits per heavy atom. The van der Waals surface area contributed by atoms with Crippen molar-refractivity contribution in [3.63, 3.8) is 0 Å². The number of aliphatic imine (C=N–C) groups is 1. The Bertz CT molecular complexity index is 1110. The molecule has 0 fully saturated rings. The van der Waals surface area contributed by atoms with Crippen LogP contribution in [0.4, 0.5) is 16.0 Å². The molecule has 29 heavy (non-hydrogen) atoms. The Hall–Kier alpha value is -3.40. The van der Waals surface area contributed by atoms with Crippen LogP contribution in [0.25, 0.3) is 5.65 Å². The van der Waals surface area contributed by atoms with Crippen molar-refractivity contribution in [2.45, 2.75) is 32.5 Å². The van der Waals surface area contributed by atoms with E-state index in [-0.39, 0.29) is 17.7 Å². The molecule has 0 unspecified atom stereocenters. The molecule has 0 saturated carbocycles. The summed E-state index contributed by atoms with van der Waals surface area (Å²) in [6, 6.07) is 5.90. The molecule has 0 bridgehead atoms. The standard InChI is InChI=1S/C19H22FN7O2/c1-10(12-9-11(20)5-6-13(12)28-4)22-14-7-8-27-18(23-14)15(16(21)25-27)17-24-19(2,3)29-26-17/h5-10H,1-4H3,(H2,21,25)(H,22,23)(H,24,26)/t10-/m1/s1. The lowest BCUT2D eigenvalue weighted by Gasteiger charge is -2.18. The van der Waals surface area contributed by atoms with Crippen LogP contribution in [0.15, 0.2) is 35.5 Å². The zero-order valence-corrected chi connectivity index (χ0v) is 16.5. The van der Waals surface area contributed by atoms with E-state index < -0.39 is 5.72 Å². The largest absolute Gasteiger partial charge is 0.496 e. The third-order valence-electron chi connectivity index (χ3n) is 4.55. The molecule has 1 atom stereocenters. The van der Waals surface area contributed by atoms with Crippen molar-refractivity contribution in [1.82, 2.24) is 20.1 Å². The number of methoxy groups -OCH3 is 1. The van der Waals surface area contributed by atoms with E-state index in [4.69, 9.17) is 15.3 Å². The van der Waals surface area contributed by atoms with Crippen LogP contribution in [0.1, 0.15) is 37.9 Å². The van der Waals surface area contributed by atoms with E-state index in [0.29, 0.717) is 34.2 Å². The quantitative estimate of drug-likeness (QED) is 0.605. The molecule has 4 rings (SSSR count). The Morgan fingerprint density at radius 3 is 2.83 bits per heavy atom. The maximum atomic E-state index is 13.7. The SMILES string of the molecule is COc1ccc(F)cc1[C@@H](C)Nc1ccn2nc(N)c(C3=NC(C)(C)ON3)c2n1. The topological polar surface area (TPSA) is 111 Å². The highest BCUT2D eigenvalue weighted by Gasteiger charge is 2.30. The van der Waals surface area contributed by atoms with Crippen molar-refractivity contribution in [2.75, 3.05) is 18.2 Å². The summed E-state index contributed by atoms with van der Waals surface area (Å²) in [5, 5.41) is 7.55. The van der Waals surface area contributed by atoms with Gasteiger partial charge in [-0.15, -0.1) is 5.10 Å². The minimum Gasteiger partial charge on any atom is -0.496 e. The summed E-state index contributed by atoms with van der Waals surface area (Å²) in [4.78, 5) is 14.5. The summed E-state index contributed by atoms with van der Waals surface area (Å²) >= 11 is 0. The monoisotopic (exact) mass is 399 g/mol. The van der Waals surface area contributed by atoms with Gasteiger partial charge in [0, 0.05) is 11.8 Å². The van der Waals surface area contributed by atoms with Gasteiger partial charge in [0.1, 0.15) is 22.9 Å². The number of nitrogens with zero attached hydrogens (tertiary/aromatic N) is 4. The fourth-order valence-electron chi connectivity index (χ4n) is 3.19. The Morgan fingerprint density at radius 2 is 2.14 bits per heavy atom. The van der Waals surface area contributed by atoms with Gasteiger partial charge in [-0.25, -0.2) is 29.2 Å². The first kappa shape index (κ1) is 18.9. The lowest BCUT2D eigenvalue weighted by molar-refractivity contribution is -0.0269. The van der Waals surface area contributed by atoms with Crippen LogP contribution in [-0.2, 0) is 4.84 Å². The summed E-state index contributed by atoms with van der Waals surface area (Å²) in [6.07, 6.45) is 1.74. The maximum Gasteiger partial charge on any atom is 0.182 e. The van der Waals surface area contributed by atoms with Crippen LogP contribution in [0, 0.1) is 5.82 Å². The number of hydrogen-bond acceptors (Lipinski definition) is 8. The highest BCUT2D eigenvalue weighted by atomic mass is 19.1. The van der Waals surface area contributed by atoms with E-state index in [1.807, 2.05) is 20.8 Å². The van der Waals surface area contributed by atoms with Gasteiger partial charge in [0.15, 0.2) is 23.0 Å². The van der Waals surface area contributed by atoms with Gasteiger partial charge in [-0.2, -0.15) is 0 Å². The molecule has 9 nitrogen and oxygen atoms in total. The molecule has 0 saturated heterocycles. The average molecular weight is 399 g/mol. The van der Waals surface area contributed by atoms with Crippen molar-refractivity contribution in [3.05, 3.63) is 47.4 Å². The van der Waals surface area contributed by atoms with Crippen LogP contribution in [0.2, 0.25) is 0 Å². The molecular weight excluding hydrogens is 377 g/mol. The average Bonchev–Trinajstić information content (AvgIpc) is 3.19. The number of amidine groups is 1. The number of rotatable bonds is 5. The van der Waals surface area contributed by atoms with Crippen molar-refractivity contribution >= 4 is 23.1 Å². The fraction of sp³-hybridized carbons (Fsp3) is 0.316. The Balaban J connectivity index is 1.69. The first-order valence-electron chi connectivity index (χ1n) is 9.06. The van der Waals surface area contributed by atoms with Crippen molar-refractivity contribution in [1.29, 1.82) is 0 Å². The highest BCUT2D eigenvalue weighted by Crippen LogP contribution is 2.29. The molecule has 152 valence electrons. The molecule has 1 aliphatic heterocycles. The van der Waals surface area contributed by atoms with Crippen molar-refractivity contribution in [2.24, 2.45) is 4.99 Å². The van der Waals surface area contributed by atoms with E-state index in [1.54, 1.807) is 30.0 Å². The van der Waals surface area contributed by atoms with Crippen molar-refractivity contribution in [3.8, 4) is 5.75 Å². The number of aromatic nitrogens is 3. The van der Waals surface area contributed by atoms with Crippen LogP contribution < -0.4 is 21.3 Å². The number of anilines is 2. The second-order valence-electron chi connectivity index (χ2n) is 7.20. The Labute approximate surface area is 166 Å². The highest BCUT2D eigenvalue weighted by molar-refractivity contribution is 6.08. The van der Waals surface area contributed by atoms with E-state index >= 15 is 0 Å². The van der Waals surface area contributed by atoms with Crippen LogP contribution in [0.5, 0.6) is 5.75 Å². The van der Waals surface area contributed by atoms with Gasteiger partial charge in [-0.3, -0.25) is 0 Å². The maximum absolute atomic E-state index is 13.7. The molecule has 0 spiro atoms. The molecule has 10 heteroatoms. The number of nitrogens with one attached hydrogen (secondary N) is 2. The third kappa shape index (κ3) is 3.54. The van der Waals surface area contributed by atoms with Crippen LogP contribution in [-0.4, -0.2) is 33.3 Å². The zero-order chi connectivity index (χ0) is 20.8. The number of benzene rings is 1. The number of hydrogen-bond donors (Lipinski definition) is 3. The molecule has 0 aliphatic carbocycles. The van der Waals surface area contributed by atoms with Crippen LogP contribution >= 0.6 is 0 Å². The third-order valence-corrected chi connectivity index (χ3v) is 4.55. The molecule has 0 radical (unpaired) electrons. The second kappa shape index (κ2) is 6.89. The normalized spacial score (nSPS) is 16.4. The lowest BCUT2D eigenvalue weighted by atomic mass is 10.1. The minimum atomic E-state index is -0.714. The predicted octanol–water partition coefficient (Wildman–Crippen LogP) is 2.65. The Kier molecular flexibility index (Phi) is 4.50. The summed E-state index contributed by atoms with van der Waals surface area (Å²) in [6.45, 7) is 5.54. The molecule has 3 heterocycles. The van der Waals surface area contributed by atoms with Gasteiger partial charge >= 0.3 is 0 Å². The van der Waals surface area contributed by atoms with E-state index in [2.05, 4.69) is 25.9 Å². The first-order valence-corrected chi connectivity index (χ1v) is 9.06. The molecule has 3 aromatic rings. The van der Waals surface area contributed by atoms with E-state index in [1.165, 1.54) is 12.1 Å². The lowest BCUT2D eigenvalue weighted by Crippen LogP contribution is -2.23. The minimum absolute atomic E-state index is 0.261. The summed E-state index contributed by atoms with van der Waals surface area (Å²) in [7, 11) is 1.55. The van der Waals surface area contributed by atoms with Gasteiger partial charge in [-0.05, 0) is 45.0 Å². The van der Waals surface area contributed by atoms with Gasteiger partial charge in [0.2, 0.25) is 0 Å². The van der Waals surface area contributed by atoms with Gasteiger partial charge < -0.3 is 15.8 Å². The number of hydroxylamine groups is 1. The molecular formula is C19H22FN7O2. The smallest absolute Gasteiger partial charge is 0.182 e. The zero-order valence-electron chi connectivity index (χ0n) is 16.5. The first-order chi connectivity index (χ1) is 13.8. The van der Waals surface area contributed by atoms with Gasteiger partial charge in [-0.1, -0.05) is 0 Å². The van der Waals surface area contributed by atoms with E-state index in [9.17, 15) is 4.39 Å². The number of nitrogens with two attached hydrogens (primary N) is 1.